The second-order valence-electron chi connectivity index (χ2n) is 5.66. The van der Waals surface area contributed by atoms with Gasteiger partial charge in [0.15, 0.2) is 0 Å². The number of rotatable bonds is 4. The maximum atomic E-state index is 12.1. The minimum atomic E-state index is -4.64. The third-order valence-electron chi connectivity index (χ3n) is 3.94. The Bertz CT molecular complexity index is 443. The predicted molar refractivity (Wildman–Crippen MR) is 82.0 cm³/mol. The number of nitrogens with two attached hydrogens (primary N) is 1. The van der Waals surface area contributed by atoms with Gasteiger partial charge in [0.1, 0.15) is 5.75 Å². The van der Waals surface area contributed by atoms with E-state index in [1.165, 1.54) is 12.1 Å². The van der Waals surface area contributed by atoms with E-state index in [1.807, 2.05) is 6.92 Å². The van der Waals surface area contributed by atoms with Crippen LogP contribution in [0.2, 0.25) is 0 Å². The third-order valence-corrected chi connectivity index (χ3v) is 3.94. The van der Waals surface area contributed by atoms with Gasteiger partial charge in [0.05, 0.1) is 0 Å². The van der Waals surface area contributed by atoms with Gasteiger partial charge >= 0.3 is 6.36 Å². The van der Waals surface area contributed by atoms with Crippen molar-refractivity contribution in [2.24, 2.45) is 11.7 Å². The predicted octanol–water partition coefficient (Wildman–Crippen LogP) is 3.57. The normalized spacial score (nSPS) is 18.6. The highest BCUT2D eigenvalue weighted by Gasteiger charge is 2.31. The van der Waals surface area contributed by atoms with Gasteiger partial charge in [-0.2, -0.15) is 0 Å². The number of hydrogen-bond donors (Lipinski definition) is 1. The molecule has 1 fully saturated rings. The monoisotopic (exact) mass is 338 g/mol. The average molecular weight is 339 g/mol. The Kier molecular flexibility index (Phi) is 6.97. The molecule has 0 amide bonds. The molecule has 1 aromatic carbocycles. The van der Waals surface area contributed by atoms with Crippen molar-refractivity contribution in [2.45, 2.75) is 38.7 Å². The molecule has 1 unspecified atom stereocenters. The Labute approximate surface area is 135 Å². The largest absolute Gasteiger partial charge is 0.573 e. The van der Waals surface area contributed by atoms with E-state index in [0.717, 1.165) is 38.0 Å². The van der Waals surface area contributed by atoms with Gasteiger partial charge < -0.3 is 10.5 Å². The van der Waals surface area contributed by atoms with Crippen LogP contribution in [0.15, 0.2) is 24.3 Å². The zero-order valence-corrected chi connectivity index (χ0v) is 13.3. The van der Waals surface area contributed by atoms with Crippen LogP contribution in [0.1, 0.15) is 25.3 Å². The molecule has 1 aliphatic rings. The minimum absolute atomic E-state index is 0. The van der Waals surface area contributed by atoms with Gasteiger partial charge in [-0.05, 0) is 56.5 Å². The molecule has 2 rings (SSSR count). The fourth-order valence-electron chi connectivity index (χ4n) is 2.69. The van der Waals surface area contributed by atoms with E-state index in [0.29, 0.717) is 5.92 Å². The zero-order chi connectivity index (χ0) is 15.5. The zero-order valence-electron chi connectivity index (χ0n) is 12.5. The first-order valence-electron chi connectivity index (χ1n) is 7.16. The van der Waals surface area contributed by atoms with Crippen LogP contribution in [0.25, 0.3) is 0 Å². The summed E-state index contributed by atoms with van der Waals surface area (Å²) in [4.78, 5) is 2.30. The molecule has 1 heterocycles. The number of piperidine rings is 1. The molecule has 0 aromatic heterocycles. The molecule has 2 N–H and O–H groups in total. The first-order chi connectivity index (χ1) is 9.83. The first-order valence-corrected chi connectivity index (χ1v) is 7.16. The Morgan fingerprint density at radius 3 is 2.23 bits per heavy atom. The van der Waals surface area contributed by atoms with Crippen molar-refractivity contribution in [3.8, 4) is 5.75 Å². The lowest BCUT2D eigenvalue weighted by Gasteiger charge is -2.33. The Balaban J connectivity index is 0.00000242. The number of benzene rings is 1. The van der Waals surface area contributed by atoms with Crippen molar-refractivity contribution in [1.82, 2.24) is 4.90 Å². The molecule has 1 atom stereocenters. The minimum Gasteiger partial charge on any atom is -0.406 e. The van der Waals surface area contributed by atoms with Crippen molar-refractivity contribution < 1.29 is 17.9 Å². The molecule has 1 aromatic rings. The van der Waals surface area contributed by atoms with Crippen molar-refractivity contribution in [3.05, 3.63) is 29.8 Å². The average Bonchev–Trinajstić information content (AvgIpc) is 2.40. The molecule has 126 valence electrons. The summed E-state index contributed by atoms with van der Waals surface area (Å²) >= 11 is 0. The molecule has 0 spiro atoms. The molecule has 0 bridgehead atoms. The second kappa shape index (κ2) is 8.04. The highest BCUT2D eigenvalue weighted by Crippen LogP contribution is 2.24. The van der Waals surface area contributed by atoms with Crippen LogP contribution >= 0.6 is 12.4 Å². The molecule has 1 saturated heterocycles. The van der Waals surface area contributed by atoms with Crippen molar-refractivity contribution in [2.75, 3.05) is 13.1 Å². The summed E-state index contributed by atoms with van der Waals surface area (Å²) in [6.07, 6.45) is -2.48. The molecule has 0 aliphatic carbocycles. The Morgan fingerprint density at radius 1 is 1.23 bits per heavy atom. The molecular weight excluding hydrogens is 317 g/mol. The van der Waals surface area contributed by atoms with E-state index in [2.05, 4.69) is 9.64 Å². The fraction of sp³-hybridized carbons (Fsp3) is 0.600. The van der Waals surface area contributed by atoms with Crippen LogP contribution in [0.3, 0.4) is 0 Å². The third kappa shape index (κ3) is 6.02. The molecule has 0 radical (unpaired) electrons. The summed E-state index contributed by atoms with van der Waals surface area (Å²) in [7, 11) is 0. The van der Waals surface area contributed by atoms with E-state index < -0.39 is 6.36 Å². The smallest absolute Gasteiger partial charge is 0.406 e. The summed E-state index contributed by atoms with van der Waals surface area (Å²) < 4.78 is 40.1. The first kappa shape index (κ1) is 19.1. The number of alkyl halides is 3. The van der Waals surface area contributed by atoms with Crippen LogP contribution in [0.4, 0.5) is 13.2 Å². The van der Waals surface area contributed by atoms with E-state index >= 15 is 0 Å². The molecular formula is C15H22ClF3N2O. The maximum Gasteiger partial charge on any atom is 0.573 e. The van der Waals surface area contributed by atoms with Crippen LogP contribution in [0.5, 0.6) is 5.75 Å². The number of hydrogen-bond acceptors (Lipinski definition) is 3. The number of nitrogens with zero attached hydrogens (tertiary/aromatic N) is 1. The van der Waals surface area contributed by atoms with Gasteiger partial charge in [0.2, 0.25) is 0 Å². The van der Waals surface area contributed by atoms with Crippen LogP contribution in [-0.4, -0.2) is 30.4 Å². The van der Waals surface area contributed by atoms with Gasteiger partial charge in [-0.3, -0.25) is 4.90 Å². The topological polar surface area (TPSA) is 38.5 Å². The van der Waals surface area contributed by atoms with Crippen LogP contribution in [0, 0.1) is 5.92 Å². The fourth-order valence-corrected chi connectivity index (χ4v) is 2.69. The number of halogens is 4. The standard InChI is InChI=1S/C15H21F3N2O.ClH/c1-11(19)13-6-8-20(9-7-13)10-12-2-4-14(5-3-12)21-15(16,17)18;/h2-5,11,13H,6-10,19H2,1H3;1H. The second-order valence-corrected chi connectivity index (χ2v) is 5.66. The lowest BCUT2D eigenvalue weighted by atomic mass is 9.91. The SMILES string of the molecule is CC(N)C1CCN(Cc2ccc(OC(F)(F)F)cc2)CC1.Cl. The number of ether oxygens (including phenoxy) is 1. The van der Waals surface area contributed by atoms with Gasteiger partial charge in [-0.15, -0.1) is 25.6 Å². The highest BCUT2D eigenvalue weighted by atomic mass is 35.5. The number of likely N-dealkylation sites (tertiary alicyclic amines) is 1. The van der Waals surface area contributed by atoms with Crippen molar-refractivity contribution in [1.29, 1.82) is 0 Å². The molecule has 7 heteroatoms. The maximum absolute atomic E-state index is 12.1. The highest BCUT2D eigenvalue weighted by molar-refractivity contribution is 5.85. The van der Waals surface area contributed by atoms with E-state index in [1.54, 1.807) is 12.1 Å². The lowest BCUT2D eigenvalue weighted by molar-refractivity contribution is -0.274. The van der Waals surface area contributed by atoms with Gasteiger partial charge in [-0.1, -0.05) is 12.1 Å². The summed E-state index contributed by atoms with van der Waals surface area (Å²) in [5.74, 6) is 0.394. The molecule has 3 nitrogen and oxygen atoms in total. The Morgan fingerprint density at radius 2 is 1.77 bits per heavy atom. The van der Waals surface area contributed by atoms with Crippen LogP contribution < -0.4 is 10.5 Å². The summed E-state index contributed by atoms with van der Waals surface area (Å²) in [6.45, 7) is 4.75. The Hall–Kier alpha value is -0.980. The van der Waals surface area contributed by atoms with E-state index in [9.17, 15) is 13.2 Å². The van der Waals surface area contributed by atoms with Crippen molar-refractivity contribution >= 4 is 12.4 Å². The van der Waals surface area contributed by atoms with Crippen LogP contribution in [-0.2, 0) is 6.54 Å². The quantitative estimate of drug-likeness (QED) is 0.912. The molecule has 0 saturated carbocycles. The van der Waals surface area contributed by atoms with Gasteiger partial charge in [0.25, 0.3) is 0 Å². The lowest BCUT2D eigenvalue weighted by Crippen LogP contribution is -2.39. The molecule has 22 heavy (non-hydrogen) atoms. The van der Waals surface area contributed by atoms with Crippen molar-refractivity contribution in [3.63, 3.8) is 0 Å². The summed E-state index contributed by atoms with van der Waals surface area (Å²) in [5, 5.41) is 0. The van der Waals surface area contributed by atoms with E-state index in [-0.39, 0.29) is 24.2 Å². The van der Waals surface area contributed by atoms with Gasteiger partial charge in [0, 0.05) is 12.6 Å². The van der Waals surface area contributed by atoms with E-state index in [4.69, 9.17) is 5.73 Å². The van der Waals surface area contributed by atoms with Gasteiger partial charge in [-0.25, -0.2) is 0 Å². The summed E-state index contributed by atoms with van der Waals surface area (Å²) in [5.41, 5.74) is 6.90. The molecule has 1 aliphatic heterocycles. The summed E-state index contributed by atoms with van der Waals surface area (Å²) in [6, 6.07) is 6.30.